The van der Waals surface area contributed by atoms with Gasteiger partial charge in [0.25, 0.3) is 0 Å². The van der Waals surface area contributed by atoms with Gasteiger partial charge in [-0.25, -0.2) is 9.18 Å². The number of benzene rings is 3. The first kappa shape index (κ1) is 22.8. The number of hydrogen-bond donors (Lipinski definition) is 1. The third-order valence-corrected chi connectivity index (χ3v) is 6.27. The summed E-state index contributed by atoms with van der Waals surface area (Å²) in [6.07, 6.45) is 2.11. The van der Waals surface area contributed by atoms with Crippen LogP contribution < -0.4 is 10.2 Å². The third kappa shape index (κ3) is 5.33. The predicted molar refractivity (Wildman–Crippen MR) is 130 cm³/mol. The first-order chi connectivity index (χ1) is 15.9. The van der Waals surface area contributed by atoms with E-state index in [1.54, 1.807) is 11.0 Å². The van der Waals surface area contributed by atoms with Crippen LogP contribution in [0.4, 0.5) is 20.6 Å². The monoisotopic (exact) mass is 462 g/mol. The molecule has 168 valence electrons. The minimum Gasteiger partial charge on any atom is -0.307 e. The molecule has 0 bridgehead atoms. The fourth-order valence-electron chi connectivity index (χ4n) is 4.09. The molecule has 0 saturated carbocycles. The highest BCUT2D eigenvalue weighted by Crippen LogP contribution is 2.27. The number of rotatable bonds is 5. The molecule has 0 radical (unpaired) electrons. The number of nitriles is 1. The maximum absolute atomic E-state index is 13.5. The van der Waals surface area contributed by atoms with Crippen molar-refractivity contribution in [1.29, 1.82) is 5.26 Å². The van der Waals surface area contributed by atoms with Crippen molar-refractivity contribution in [2.75, 3.05) is 30.4 Å². The zero-order chi connectivity index (χ0) is 23.4. The van der Waals surface area contributed by atoms with Crippen LogP contribution in [0.15, 0.2) is 66.7 Å². The Morgan fingerprint density at radius 3 is 2.64 bits per heavy atom. The molecule has 1 N–H and O–H groups in total. The van der Waals surface area contributed by atoms with Gasteiger partial charge in [0.1, 0.15) is 5.82 Å². The van der Waals surface area contributed by atoms with Crippen molar-refractivity contribution in [2.45, 2.75) is 18.9 Å². The van der Waals surface area contributed by atoms with E-state index in [1.165, 1.54) is 18.2 Å². The van der Waals surface area contributed by atoms with E-state index in [2.05, 4.69) is 23.3 Å². The lowest BCUT2D eigenvalue weighted by Gasteiger charge is -2.29. The Morgan fingerprint density at radius 2 is 1.97 bits per heavy atom. The maximum atomic E-state index is 13.5. The highest BCUT2D eigenvalue weighted by Gasteiger charge is 2.27. The Labute approximate surface area is 198 Å². The molecule has 1 heterocycles. The molecule has 0 aromatic heterocycles. The summed E-state index contributed by atoms with van der Waals surface area (Å²) in [6, 6.07) is 21.3. The van der Waals surface area contributed by atoms with E-state index >= 15 is 0 Å². The topological polar surface area (TPSA) is 59.4 Å². The summed E-state index contributed by atoms with van der Waals surface area (Å²) >= 11 is 5.88. The number of amides is 2. The average Bonchev–Trinajstić information content (AvgIpc) is 3.24. The van der Waals surface area contributed by atoms with Crippen molar-refractivity contribution in [1.82, 2.24) is 4.90 Å². The van der Waals surface area contributed by atoms with Gasteiger partial charge in [-0.1, -0.05) is 35.9 Å². The SMILES string of the molecule is CN1CCCC1CN(C(=O)Nc1ccc(F)c(Cl)c1)c1ccc(-c2cccc(C#N)c2)cc1. The van der Waals surface area contributed by atoms with Crippen molar-refractivity contribution in [3.63, 3.8) is 0 Å². The lowest BCUT2D eigenvalue weighted by molar-refractivity contribution is 0.252. The number of hydrogen-bond acceptors (Lipinski definition) is 3. The zero-order valence-corrected chi connectivity index (χ0v) is 19.0. The van der Waals surface area contributed by atoms with E-state index in [9.17, 15) is 9.18 Å². The van der Waals surface area contributed by atoms with Gasteiger partial charge in [-0.05, 0) is 80.0 Å². The first-order valence-corrected chi connectivity index (χ1v) is 11.2. The van der Waals surface area contributed by atoms with Crippen molar-refractivity contribution in [2.24, 2.45) is 0 Å². The molecule has 1 aliphatic rings. The molecule has 5 nitrogen and oxygen atoms in total. The second kappa shape index (κ2) is 10.0. The molecule has 1 saturated heterocycles. The van der Waals surface area contributed by atoms with E-state index in [1.807, 2.05) is 42.5 Å². The molecule has 1 unspecified atom stereocenters. The number of carbonyl (C=O) groups excluding carboxylic acids is 1. The van der Waals surface area contributed by atoms with Crippen LogP contribution in [-0.4, -0.2) is 37.1 Å². The summed E-state index contributed by atoms with van der Waals surface area (Å²) < 4.78 is 13.5. The summed E-state index contributed by atoms with van der Waals surface area (Å²) in [4.78, 5) is 17.2. The minimum absolute atomic E-state index is 0.0428. The Balaban J connectivity index is 1.60. The molecular formula is C26H24ClFN4O. The number of halogens is 2. The van der Waals surface area contributed by atoms with E-state index < -0.39 is 5.82 Å². The molecule has 4 rings (SSSR count). The number of likely N-dealkylation sites (tertiary alicyclic amines) is 1. The van der Waals surface area contributed by atoms with E-state index in [0.29, 0.717) is 17.8 Å². The van der Waals surface area contributed by atoms with Crippen LogP contribution in [-0.2, 0) is 0 Å². The smallest absolute Gasteiger partial charge is 0.307 e. The van der Waals surface area contributed by atoms with Crippen LogP contribution in [0.2, 0.25) is 5.02 Å². The largest absolute Gasteiger partial charge is 0.326 e. The van der Waals surface area contributed by atoms with Crippen molar-refractivity contribution < 1.29 is 9.18 Å². The standard InChI is InChI=1S/C26H24ClFN4O/c1-31-13-3-6-23(31)17-32(26(33)30-21-9-12-25(28)24(27)15-21)22-10-7-19(8-11-22)20-5-2-4-18(14-20)16-29/h2,4-5,7-12,14-15,23H,3,6,13,17H2,1H3,(H,30,33). The number of carbonyl (C=O) groups is 1. The Bertz CT molecular complexity index is 1190. The zero-order valence-electron chi connectivity index (χ0n) is 18.3. The Hall–Kier alpha value is -3.40. The van der Waals surface area contributed by atoms with Crippen LogP contribution in [0.1, 0.15) is 18.4 Å². The van der Waals surface area contributed by atoms with Crippen LogP contribution in [0.5, 0.6) is 0 Å². The molecule has 0 aliphatic carbocycles. The van der Waals surface area contributed by atoms with Crippen molar-refractivity contribution in [3.05, 3.63) is 83.1 Å². The van der Waals surface area contributed by atoms with Gasteiger partial charge in [0, 0.05) is 24.0 Å². The lowest BCUT2D eigenvalue weighted by atomic mass is 10.0. The van der Waals surface area contributed by atoms with Gasteiger partial charge in [-0.2, -0.15) is 5.26 Å². The van der Waals surface area contributed by atoms with E-state index in [0.717, 1.165) is 36.2 Å². The fraction of sp³-hybridized carbons (Fsp3) is 0.231. The van der Waals surface area contributed by atoms with Crippen LogP contribution >= 0.6 is 11.6 Å². The van der Waals surface area contributed by atoms with Crippen LogP contribution in [0, 0.1) is 17.1 Å². The second-order valence-corrected chi connectivity index (χ2v) is 8.59. The van der Waals surface area contributed by atoms with Crippen LogP contribution in [0.25, 0.3) is 11.1 Å². The number of anilines is 2. The maximum Gasteiger partial charge on any atom is 0.326 e. The number of urea groups is 1. The van der Waals surface area contributed by atoms with Gasteiger partial charge < -0.3 is 10.2 Å². The van der Waals surface area contributed by atoms with Gasteiger partial charge in [0.15, 0.2) is 0 Å². The normalized spacial score (nSPS) is 15.8. The molecule has 0 spiro atoms. The van der Waals surface area contributed by atoms with Gasteiger partial charge >= 0.3 is 6.03 Å². The van der Waals surface area contributed by atoms with Gasteiger partial charge in [0.05, 0.1) is 16.7 Å². The molecule has 2 amide bonds. The molecule has 1 fully saturated rings. The highest BCUT2D eigenvalue weighted by molar-refractivity contribution is 6.31. The highest BCUT2D eigenvalue weighted by atomic mass is 35.5. The summed E-state index contributed by atoms with van der Waals surface area (Å²) in [7, 11) is 2.07. The van der Waals surface area contributed by atoms with Crippen molar-refractivity contribution >= 4 is 29.0 Å². The molecule has 33 heavy (non-hydrogen) atoms. The first-order valence-electron chi connectivity index (χ1n) is 10.8. The summed E-state index contributed by atoms with van der Waals surface area (Å²) in [5.74, 6) is -0.532. The molecule has 7 heteroatoms. The quantitative estimate of drug-likeness (QED) is 0.494. The Kier molecular flexibility index (Phi) is 6.93. The fourth-order valence-corrected chi connectivity index (χ4v) is 4.27. The molecule has 3 aromatic rings. The lowest BCUT2D eigenvalue weighted by Crippen LogP contribution is -2.44. The number of nitrogens with one attached hydrogen (secondary N) is 1. The third-order valence-electron chi connectivity index (χ3n) is 5.98. The molecular weight excluding hydrogens is 439 g/mol. The summed E-state index contributed by atoms with van der Waals surface area (Å²) in [5, 5.41) is 12.0. The van der Waals surface area contributed by atoms with Crippen LogP contribution in [0.3, 0.4) is 0 Å². The number of nitrogens with zero attached hydrogens (tertiary/aromatic N) is 3. The summed E-state index contributed by atoms with van der Waals surface area (Å²) in [6.45, 7) is 1.53. The Morgan fingerprint density at radius 1 is 1.18 bits per heavy atom. The van der Waals surface area contributed by atoms with E-state index in [-0.39, 0.29) is 17.1 Å². The predicted octanol–water partition coefficient (Wildman–Crippen LogP) is 6.15. The van der Waals surface area contributed by atoms with Gasteiger partial charge in [0.2, 0.25) is 0 Å². The number of likely N-dealkylation sites (N-methyl/N-ethyl adjacent to an activating group) is 1. The minimum atomic E-state index is -0.532. The molecule has 1 atom stereocenters. The average molecular weight is 463 g/mol. The molecule has 1 aliphatic heterocycles. The van der Waals surface area contributed by atoms with Gasteiger partial charge in [-0.15, -0.1) is 0 Å². The molecule has 3 aromatic carbocycles. The second-order valence-electron chi connectivity index (χ2n) is 8.19. The summed E-state index contributed by atoms with van der Waals surface area (Å²) in [5.41, 5.74) is 3.68. The van der Waals surface area contributed by atoms with E-state index in [4.69, 9.17) is 16.9 Å². The van der Waals surface area contributed by atoms with Crippen molar-refractivity contribution in [3.8, 4) is 17.2 Å². The van der Waals surface area contributed by atoms with Gasteiger partial charge in [-0.3, -0.25) is 4.90 Å².